The van der Waals surface area contributed by atoms with Crippen LogP contribution in [0.3, 0.4) is 0 Å². The van der Waals surface area contributed by atoms with Crippen LogP contribution in [-0.2, 0) is 0 Å². The lowest BCUT2D eigenvalue weighted by Gasteiger charge is -2.35. The van der Waals surface area contributed by atoms with Crippen LogP contribution in [0.4, 0.5) is 0 Å². The highest BCUT2D eigenvalue weighted by molar-refractivity contribution is 8.17. The van der Waals surface area contributed by atoms with Crippen LogP contribution in [-0.4, -0.2) is 16.1 Å². The first kappa shape index (κ1) is 14.5. The summed E-state index contributed by atoms with van der Waals surface area (Å²) < 4.78 is 0.679. The molecule has 0 saturated carbocycles. The van der Waals surface area contributed by atoms with Crippen molar-refractivity contribution in [1.29, 1.82) is 0 Å². The second-order valence-corrected chi connectivity index (χ2v) is 9.47. The average Bonchev–Trinajstić information content (AvgIpc) is 2.13. The van der Waals surface area contributed by atoms with Crippen LogP contribution in [0.15, 0.2) is 12.2 Å². The molecule has 0 nitrogen and oxygen atoms in total. The van der Waals surface area contributed by atoms with Crippen LogP contribution in [0.1, 0.15) is 41.5 Å². The van der Waals surface area contributed by atoms with E-state index in [0.29, 0.717) is 15.4 Å². The van der Waals surface area contributed by atoms with Gasteiger partial charge in [0.05, 0.1) is 4.58 Å². The first-order valence-corrected chi connectivity index (χ1v) is 8.21. The van der Waals surface area contributed by atoms with Crippen LogP contribution in [0.2, 0.25) is 0 Å². The highest BCUT2D eigenvalue weighted by atomic mass is 32.2. The molecule has 1 saturated heterocycles. The Morgan fingerprint density at radius 1 is 0.938 bits per heavy atom. The van der Waals surface area contributed by atoms with Gasteiger partial charge in [-0.2, -0.15) is 0 Å². The molecule has 0 amide bonds. The lowest BCUT2D eigenvalue weighted by atomic mass is 9.83. The highest BCUT2D eigenvalue weighted by Gasteiger charge is 2.29. The van der Waals surface area contributed by atoms with Crippen LogP contribution in [0.25, 0.3) is 0 Å². The smallest absolute Gasteiger partial charge is 0.0682 e. The lowest BCUT2D eigenvalue weighted by molar-refractivity contribution is 0.293. The van der Waals surface area contributed by atoms with Crippen molar-refractivity contribution in [2.24, 2.45) is 16.7 Å². The number of rotatable bonds is 1. The molecule has 0 aromatic carbocycles. The second kappa shape index (κ2) is 5.39. The number of hydrogen-bond donors (Lipinski definition) is 0. The summed E-state index contributed by atoms with van der Waals surface area (Å²) in [5, 5.41) is 0. The molecule has 0 aromatic heterocycles. The molecule has 16 heavy (non-hydrogen) atoms. The first-order chi connectivity index (χ1) is 7.18. The fourth-order valence-corrected chi connectivity index (χ4v) is 4.96. The summed E-state index contributed by atoms with van der Waals surface area (Å²) in [5.41, 5.74) is 0.792. The molecule has 0 aliphatic carbocycles. The Labute approximate surface area is 110 Å². The molecular formula is C14H26S2. The summed E-state index contributed by atoms with van der Waals surface area (Å²) in [5.74, 6) is 3.49. The van der Waals surface area contributed by atoms with E-state index >= 15 is 0 Å². The van der Waals surface area contributed by atoms with E-state index in [2.05, 4.69) is 77.2 Å². The van der Waals surface area contributed by atoms with Gasteiger partial charge in [-0.15, -0.1) is 23.5 Å². The summed E-state index contributed by atoms with van der Waals surface area (Å²) in [6, 6.07) is 0. The molecule has 2 heteroatoms. The zero-order valence-electron chi connectivity index (χ0n) is 11.5. The van der Waals surface area contributed by atoms with Gasteiger partial charge < -0.3 is 0 Å². The first-order valence-electron chi connectivity index (χ1n) is 6.11. The maximum absolute atomic E-state index is 2.40. The van der Waals surface area contributed by atoms with E-state index < -0.39 is 0 Å². The van der Waals surface area contributed by atoms with E-state index in [-0.39, 0.29) is 0 Å². The van der Waals surface area contributed by atoms with Gasteiger partial charge in [-0.05, 0) is 28.3 Å². The number of hydrogen-bond acceptors (Lipinski definition) is 2. The monoisotopic (exact) mass is 258 g/mol. The highest BCUT2D eigenvalue weighted by Crippen LogP contribution is 2.41. The standard InChI is InChI=1S/C14H26S2/c1-13(2,3)8-7-12-15-9-11(10-16-12)14(4,5)6/h7-8,11-12H,9-10H2,1-6H3/b8-7+. The van der Waals surface area contributed by atoms with Gasteiger partial charge in [-0.25, -0.2) is 0 Å². The van der Waals surface area contributed by atoms with Crippen LogP contribution in [0, 0.1) is 16.7 Å². The topological polar surface area (TPSA) is 0 Å². The molecule has 0 atom stereocenters. The molecule has 1 rings (SSSR count). The Morgan fingerprint density at radius 3 is 1.81 bits per heavy atom. The molecule has 0 bridgehead atoms. The molecule has 0 aromatic rings. The summed E-state index contributed by atoms with van der Waals surface area (Å²) in [7, 11) is 0. The summed E-state index contributed by atoms with van der Waals surface area (Å²) in [6.45, 7) is 13.9. The summed E-state index contributed by atoms with van der Waals surface area (Å²) >= 11 is 4.23. The molecule has 1 fully saturated rings. The van der Waals surface area contributed by atoms with Gasteiger partial charge in [0.2, 0.25) is 0 Å². The Hall–Kier alpha value is 0.440. The maximum atomic E-state index is 2.40. The van der Waals surface area contributed by atoms with Gasteiger partial charge in [0.15, 0.2) is 0 Å². The molecule has 94 valence electrons. The lowest BCUT2D eigenvalue weighted by Crippen LogP contribution is -2.29. The van der Waals surface area contributed by atoms with Crippen LogP contribution >= 0.6 is 23.5 Å². The van der Waals surface area contributed by atoms with Crippen molar-refractivity contribution in [3.8, 4) is 0 Å². The van der Waals surface area contributed by atoms with Crippen LogP contribution in [0.5, 0.6) is 0 Å². The third kappa shape index (κ3) is 5.18. The van der Waals surface area contributed by atoms with Gasteiger partial charge >= 0.3 is 0 Å². The third-order valence-electron chi connectivity index (χ3n) is 2.90. The minimum atomic E-state index is 0.321. The normalized spacial score (nSPS) is 28.6. The molecule has 0 radical (unpaired) electrons. The largest absolute Gasteiger partial charge is 0.143 e. The maximum Gasteiger partial charge on any atom is 0.0682 e. The van der Waals surface area contributed by atoms with Crippen molar-refractivity contribution >= 4 is 23.5 Å². The van der Waals surface area contributed by atoms with Crippen molar-refractivity contribution < 1.29 is 0 Å². The van der Waals surface area contributed by atoms with E-state index in [0.717, 1.165) is 5.92 Å². The van der Waals surface area contributed by atoms with Gasteiger partial charge in [0.1, 0.15) is 0 Å². The van der Waals surface area contributed by atoms with Crippen molar-refractivity contribution in [3.05, 3.63) is 12.2 Å². The van der Waals surface area contributed by atoms with E-state index in [1.807, 2.05) is 0 Å². The van der Waals surface area contributed by atoms with E-state index in [4.69, 9.17) is 0 Å². The molecule has 0 unspecified atom stereocenters. The molecular weight excluding hydrogens is 232 g/mol. The Bertz CT molecular complexity index is 234. The zero-order valence-corrected chi connectivity index (χ0v) is 13.2. The third-order valence-corrected chi connectivity index (χ3v) is 5.88. The predicted molar refractivity (Wildman–Crippen MR) is 80.2 cm³/mol. The Morgan fingerprint density at radius 2 is 1.44 bits per heavy atom. The van der Waals surface area contributed by atoms with E-state index in [1.165, 1.54) is 11.5 Å². The van der Waals surface area contributed by atoms with Crippen LogP contribution < -0.4 is 0 Å². The minimum Gasteiger partial charge on any atom is -0.143 e. The molecule has 0 spiro atoms. The minimum absolute atomic E-state index is 0.321. The fourth-order valence-electron chi connectivity index (χ4n) is 1.50. The molecule has 1 aliphatic rings. The van der Waals surface area contributed by atoms with E-state index in [1.54, 1.807) is 0 Å². The second-order valence-electron chi connectivity index (χ2n) is 6.82. The predicted octanol–water partition coefficient (Wildman–Crippen LogP) is 5.06. The van der Waals surface area contributed by atoms with Crippen molar-refractivity contribution in [2.75, 3.05) is 11.5 Å². The zero-order chi connectivity index (χ0) is 12.4. The van der Waals surface area contributed by atoms with Gasteiger partial charge in [-0.1, -0.05) is 53.7 Å². The van der Waals surface area contributed by atoms with Crippen molar-refractivity contribution in [3.63, 3.8) is 0 Å². The molecule has 1 heterocycles. The summed E-state index contributed by atoms with van der Waals surface area (Å²) in [4.78, 5) is 0. The molecule has 1 aliphatic heterocycles. The summed E-state index contributed by atoms with van der Waals surface area (Å²) in [6.07, 6.45) is 4.75. The van der Waals surface area contributed by atoms with Crippen molar-refractivity contribution in [1.82, 2.24) is 0 Å². The Balaban J connectivity index is 2.41. The van der Waals surface area contributed by atoms with E-state index in [9.17, 15) is 0 Å². The average molecular weight is 258 g/mol. The van der Waals surface area contributed by atoms with Gasteiger partial charge in [-0.3, -0.25) is 0 Å². The quantitative estimate of drug-likeness (QED) is 0.603. The fraction of sp³-hybridized carbons (Fsp3) is 0.857. The SMILES string of the molecule is CC(C)(C)/C=C/C1SCC(C(C)(C)C)CS1. The Kier molecular flexibility index (Phi) is 4.88. The molecule has 0 N–H and O–H groups in total. The number of thioether (sulfide) groups is 2. The van der Waals surface area contributed by atoms with Gasteiger partial charge in [0, 0.05) is 0 Å². The number of allylic oxidation sites excluding steroid dienone is 1. The van der Waals surface area contributed by atoms with Crippen molar-refractivity contribution in [2.45, 2.75) is 46.1 Å². The van der Waals surface area contributed by atoms with Gasteiger partial charge in [0.25, 0.3) is 0 Å².